The molecule has 6 heteroatoms. The second-order valence-electron chi connectivity index (χ2n) is 4.78. The van der Waals surface area contributed by atoms with Gasteiger partial charge in [-0.1, -0.05) is 13.0 Å². The van der Waals surface area contributed by atoms with E-state index in [4.69, 9.17) is 5.11 Å². The smallest absolute Gasteiger partial charge is 0.372 e. The van der Waals surface area contributed by atoms with Crippen molar-refractivity contribution in [3.05, 3.63) is 23.8 Å². The number of fused-ring (bicyclic) bond motifs is 1. The number of Topliss-reactive ketones (excluding diaryl/α,β-unsaturated/α-hetero) is 1. The molecule has 1 amide bonds. The molecular weight excluding hydrogens is 278 g/mol. The van der Waals surface area contributed by atoms with Crippen molar-refractivity contribution in [2.45, 2.75) is 29.9 Å². The highest BCUT2D eigenvalue weighted by atomic mass is 32.2. The first-order valence-corrected chi connectivity index (χ1v) is 7.06. The van der Waals surface area contributed by atoms with E-state index >= 15 is 0 Å². The van der Waals surface area contributed by atoms with Gasteiger partial charge in [-0.25, -0.2) is 4.79 Å². The molecule has 1 aromatic rings. The van der Waals surface area contributed by atoms with Crippen LogP contribution in [0.2, 0.25) is 0 Å². The first-order chi connectivity index (χ1) is 9.32. The van der Waals surface area contributed by atoms with Crippen molar-refractivity contribution in [1.82, 2.24) is 0 Å². The van der Waals surface area contributed by atoms with Crippen molar-refractivity contribution in [1.29, 1.82) is 0 Å². The van der Waals surface area contributed by atoms with E-state index in [-0.39, 0.29) is 11.2 Å². The first kappa shape index (κ1) is 14.6. The number of carboxylic acids is 1. The molecule has 2 atom stereocenters. The minimum atomic E-state index is -1.44. The van der Waals surface area contributed by atoms with Crippen LogP contribution in [-0.4, -0.2) is 35.1 Å². The van der Waals surface area contributed by atoms with E-state index in [0.717, 1.165) is 10.6 Å². The summed E-state index contributed by atoms with van der Waals surface area (Å²) in [6, 6.07) is 5.30. The first-order valence-electron chi connectivity index (χ1n) is 6.18. The lowest BCUT2D eigenvalue weighted by Crippen LogP contribution is -2.36. The van der Waals surface area contributed by atoms with Gasteiger partial charge in [0.1, 0.15) is 0 Å². The topological polar surface area (TPSA) is 74.7 Å². The van der Waals surface area contributed by atoms with Gasteiger partial charge in [0.15, 0.2) is 0 Å². The van der Waals surface area contributed by atoms with Crippen molar-refractivity contribution >= 4 is 35.1 Å². The summed E-state index contributed by atoms with van der Waals surface area (Å²) in [6.45, 7) is 3.40. The number of aliphatic carboxylic acids is 1. The standard InChI is InChI=1S/C14H15NO4S/c1-7(12(16)14(18)19)9-4-5-11-10(6-9)15(3)13(17)8(2)20-11/h4-8H,1-3H3,(H,18,19). The third-order valence-electron chi connectivity index (χ3n) is 3.43. The molecule has 20 heavy (non-hydrogen) atoms. The summed E-state index contributed by atoms with van der Waals surface area (Å²) in [7, 11) is 1.69. The molecule has 106 valence electrons. The van der Waals surface area contributed by atoms with Crippen molar-refractivity contribution in [2.75, 3.05) is 11.9 Å². The van der Waals surface area contributed by atoms with E-state index < -0.39 is 17.7 Å². The van der Waals surface area contributed by atoms with Gasteiger partial charge in [-0.05, 0) is 24.6 Å². The van der Waals surface area contributed by atoms with Crippen LogP contribution in [0, 0.1) is 0 Å². The lowest BCUT2D eigenvalue weighted by molar-refractivity contribution is -0.149. The van der Waals surface area contributed by atoms with Crippen LogP contribution in [0.5, 0.6) is 0 Å². The maximum absolute atomic E-state index is 12.0. The number of ketones is 1. The molecular formula is C14H15NO4S. The molecule has 1 heterocycles. The van der Waals surface area contributed by atoms with E-state index in [9.17, 15) is 14.4 Å². The Morgan fingerprint density at radius 3 is 2.65 bits per heavy atom. The quantitative estimate of drug-likeness (QED) is 0.862. The Hall–Kier alpha value is -1.82. The van der Waals surface area contributed by atoms with Gasteiger partial charge in [0.05, 0.1) is 16.9 Å². The van der Waals surface area contributed by atoms with Crippen LogP contribution in [0.1, 0.15) is 25.3 Å². The summed E-state index contributed by atoms with van der Waals surface area (Å²) >= 11 is 1.47. The number of anilines is 1. The Morgan fingerprint density at radius 1 is 1.40 bits per heavy atom. The molecule has 1 N–H and O–H groups in total. The molecule has 2 rings (SSSR count). The van der Waals surface area contributed by atoms with Crippen molar-refractivity contribution in [2.24, 2.45) is 0 Å². The zero-order valence-corrected chi connectivity index (χ0v) is 12.2. The summed E-state index contributed by atoms with van der Waals surface area (Å²) in [5.74, 6) is -3.03. The van der Waals surface area contributed by atoms with Gasteiger partial charge in [0.25, 0.3) is 0 Å². The fourth-order valence-electron chi connectivity index (χ4n) is 2.13. The molecule has 1 aromatic carbocycles. The number of carboxylic acid groups (broad SMARTS) is 1. The normalized spacial score (nSPS) is 19.4. The number of hydrogen-bond acceptors (Lipinski definition) is 4. The van der Waals surface area contributed by atoms with Gasteiger partial charge < -0.3 is 10.0 Å². The van der Waals surface area contributed by atoms with Gasteiger partial charge in [-0.2, -0.15) is 0 Å². The average molecular weight is 293 g/mol. The van der Waals surface area contributed by atoms with Crippen molar-refractivity contribution in [3.63, 3.8) is 0 Å². The van der Waals surface area contributed by atoms with Gasteiger partial charge in [0.2, 0.25) is 11.7 Å². The maximum atomic E-state index is 12.0. The molecule has 5 nitrogen and oxygen atoms in total. The van der Waals surface area contributed by atoms with Crippen molar-refractivity contribution < 1.29 is 19.5 Å². The Balaban J connectivity index is 2.40. The lowest BCUT2D eigenvalue weighted by Gasteiger charge is -2.30. The lowest BCUT2D eigenvalue weighted by atomic mass is 9.96. The zero-order valence-electron chi connectivity index (χ0n) is 11.4. The SMILES string of the molecule is CC1Sc2ccc(C(C)C(=O)C(=O)O)cc2N(C)C1=O. The largest absolute Gasteiger partial charge is 0.475 e. The van der Waals surface area contributed by atoms with Gasteiger partial charge in [-0.3, -0.25) is 9.59 Å². The number of hydrogen-bond donors (Lipinski definition) is 1. The van der Waals surface area contributed by atoms with Crippen LogP contribution in [-0.2, 0) is 14.4 Å². The average Bonchev–Trinajstić information content (AvgIpc) is 2.43. The summed E-state index contributed by atoms with van der Waals surface area (Å²) < 4.78 is 0. The molecule has 0 aliphatic carbocycles. The number of carbonyl (C=O) groups excluding carboxylic acids is 2. The van der Waals surface area contributed by atoms with Crippen LogP contribution in [0.25, 0.3) is 0 Å². The van der Waals surface area contributed by atoms with E-state index in [1.165, 1.54) is 11.8 Å². The third-order valence-corrected chi connectivity index (χ3v) is 4.58. The molecule has 0 saturated heterocycles. The molecule has 0 fully saturated rings. The maximum Gasteiger partial charge on any atom is 0.372 e. The predicted molar refractivity (Wildman–Crippen MR) is 76.2 cm³/mol. The van der Waals surface area contributed by atoms with E-state index in [2.05, 4.69) is 0 Å². The Labute approximate surface area is 121 Å². The number of carbonyl (C=O) groups is 3. The van der Waals surface area contributed by atoms with Crippen LogP contribution >= 0.6 is 11.8 Å². The minimum Gasteiger partial charge on any atom is -0.475 e. The minimum absolute atomic E-state index is 0.00290. The molecule has 0 bridgehead atoms. The highest BCUT2D eigenvalue weighted by Crippen LogP contribution is 2.39. The number of rotatable bonds is 3. The van der Waals surface area contributed by atoms with Crippen LogP contribution < -0.4 is 4.90 Å². The van der Waals surface area contributed by atoms with E-state index in [1.54, 1.807) is 31.0 Å². The third kappa shape index (κ3) is 2.43. The monoisotopic (exact) mass is 293 g/mol. The Kier molecular flexibility index (Phi) is 3.85. The second kappa shape index (κ2) is 5.28. The Bertz CT molecular complexity index is 599. The fourth-order valence-corrected chi connectivity index (χ4v) is 3.24. The number of nitrogens with zero attached hydrogens (tertiary/aromatic N) is 1. The molecule has 0 saturated carbocycles. The second-order valence-corrected chi connectivity index (χ2v) is 6.16. The zero-order chi connectivity index (χ0) is 15.0. The molecule has 0 radical (unpaired) electrons. The molecule has 1 aliphatic rings. The predicted octanol–water partition coefficient (Wildman–Crippen LogP) is 1.90. The summed E-state index contributed by atoms with van der Waals surface area (Å²) in [6.07, 6.45) is 0. The molecule has 2 unspecified atom stereocenters. The van der Waals surface area contributed by atoms with Gasteiger partial charge in [0, 0.05) is 11.9 Å². The summed E-state index contributed by atoms with van der Waals surface area (Å²) in [4.78, 5) is 36.7. The molecule has 1 aliphatic heterocycles. The van der Waals surface area contributed by atoms with E-state index in [0.29, 0.717) is 5.56 Å². The van der Waals surface area contributed by atoms with E-state index in [1.807, 2.05) is 13.0 Å². The van der Waals surface area contributed by atoms with Crippen LogP contribution in [0.15, 0.2) is 23.1 Å². The molecule has 0 aromatic heterocycles. The van der Waals surface area contributed by atoms with Crippen molar-refractivity contribution in [3.8, 4) is 0 Å². The van der Waals surface area contributed by atoms with Gasteiger partial charge in [-0.15, -0.1) is 11.8 Å². The number of thioether (sulfide) groups is 1. The number of amides is 1. The highest BCUT2D eigenvalue weighted by Gasteiger charge is 2.30. The number of benzene rings is 1. The van der Waals surface area contributed by atoms with Gasteiger partial charge >= 0.3 is 5.97 Å². The summed E-state index contributed by atoms with van der Waals surface area (Å²) in [5, 5.41) is 8.62. The fraction of sp³-hybridized carbons (Fsp3) is 0.357. The van der Waals surface area contributed by atoms with Crippen LogP contribution in [0.4, 0.5) is 5.69 Å². The highest BCUT2D eigenvalue weighted by molar-refractivity contribution is 8.00. The van der Waals surface area contributed by atoms with Crippen LogP contribution in [0.3, 0.4) is 0 Å². The Morgan fingerprint density at radius 2 is 2.05 bits per heavy atom. The molecule has 0 spiro atoms. The summed E-state index contributed by atoms with van der Waals surface area (Å²) in [5.41, 5.74) is 1.33.